The monoisotopic (exact) mass is 291 g/mol. The van der Waals surface area contributed by atoms with Gasteiger partial charge in [-0.15, -0.1) is 0 Å². The summed E-state index contributed by atoms with van der Waals surface area (Å²) >= 11 is 0. The molecule has 1 aliphatic heterocycles. The number of amides is 2. The van der Waals surface area contributed by atoms with Crippen molar-refractivity contribution in [2.24, 2.45) is 5.73 Å². The van der Waals surface area contributed by atoms with Gasteiger partial charge in [0.2, 0.25) is 0 Å². The molecule has 0 aromatic heterocycles. The zero-order chi connectivity index (χ0) is 15.6. The zero-order valence-corrected chi connectivity index (χ0v) is 12.3. The van der Waals surface area contributed by atoms with Gasteiger partial charge < -0.3 is 15.7 Å². The minimum absolute atomic E-state index is 0.00702. The number of carboxylic acid groups (broad SMARTS) is 1. The molecule has 0 spiro atoms. The summed E-state index contributed by atoms with van der Waals surface area (Å²) in [7, 11) is 0. The van der Waals surface area contributed by atoms with Gasteiger partial charge in [-0.1, -0.05) is 12.1 Å². The quantitative estimate of drug-likeness (QED) is 0.866. The molecule has 1 atom stereocenters. The van der Waals surface area contributed by atoms with E-state index in [2.05, 4.69) is 0 Å². The Morgan fingerprint density at radius 3 is 2.38 bits per heavy atom. The first-order valence-corrected chi connectivity index (χ1v) is 7.05. The van der Waals surface area contributed by atoms with Crippen molar-refractivity contribution in [2.45, 2.75) is 32.4 Å². The lowest BCUT2D eigenvalue weighted by molar-refractivity contribution is -0.137. The van der Waals surface area contributed by atoms with Crippen molar-refractivity contribution in [2.75, 3.05) is 18.0 Å². The largest absolute Gasteiger partial charge is 0.481 e. The van der Waals surface area contributed by atoms with Crippen molar-refractivity contribution < 1.29 is 14.7 Å². The Morgan fingerprint density at radius 2 is 1.90 bits per heavy atom. The molecule has 0 saturated carbocycles. The first-order chi connectivity index (χ1) is 9.90. The second kappa shape index (κ2) is 6.13. The molecular weight excluding hydrogens is 270 g/mol. The van der Waals surface area contributed by atoms with E-state index in [1.54, 1.807) is 17.0 Å². The summed E-state index contributed by atoms with van der Waals surface area (Å²) in [5.74, 6) is -0.922. The van der Waals surface area contributed by atoms with Crippen molar-refractivity contribution in [3.05, 3.63) is 29.8 Å². The SMILES string of the molecule is CC(C)N1CCN(c2ccc(C(N)CC(=O)O)cc2)C1=O. The van der Waals surface area contributed by atoms with E-state index < -0.39 is 12.0 Å². The lowest BCUT2D eigenvalue weighted by atomic mass is 10.0. The van der Waals surface area contributed by atoms with E-state index in [1.165, 1.54) is 0 Å². The Bertz CT molecular complexity index is 527. The first-order valence-electron chi connectivity index (χ1n) is 7.05. The molecule has 1 aromatic rings. The third kappa shape index (κ3) is 3.33. The van der Waals surface area contributed by atoms with E-state index >= 15 is 0 Å². The Hall–Kier alpha value is -2.08. The van der Waals surface area contributed by atoms with E-state index in [9.17, 15) is 9.59 Å². The Kier molecular flexibility index (Phi) is 4.47. The van der Waals surface area contributed by atoms with E-state index in [0.717, 1.165) is 17.8 Å². The van der Waals surface area contributed by atoms with Gasteiger partial charge >= 0.3 is 12.0 Å². The molecule has 1 fully saturated rings. The fourth-order valence-corrected chi connectivity index (χ4v) is 2.48. The summed E-state index contributed by atoms with van der Waals surface area (Å²) in [5.41, 5.74) is 7.39. The van der Waals surface area contributed by atoms with Crippen molar-refractivity contribution in [1.82, 2.24) is 4.90 Å². The molecule has 1 aliphatic rings. The molecule has 6 nitrogen and oxygen atoms in total. The molecule has 0 bridgehead atoms. The van der Waals surface area contributed by atoms with Crippen LogP contribution >= 0.6 is 0 Å². The molecule has 114 valence electrons. The Balaban J connectivity index is 2.09. The fourth-order valence-electron chi connectivity index (χ4n) is 2.48. The lowest BCUT2D eigenvalue weighted by Gasteiger charge is -2.22. The van der Waals surface area contributed by atoms with Gasteiger partial charge in [0.1, 0.15) is 0 Å². The van der Waals surface area contributed by atoms with Gasteiger partial charge in [0.05, 0.1) is 6.42 Å². The van der Waals surface area contributed by atoms with Crippen LogP contribution in [0, 0.1) is 0 Å². The standard InChI is InChI=1S/C15H21N3O3/c1-10(2)17-7-8-18(15(17)21)12-5-3-11(4-6-12)13(16)9-14(19)20/h3-6,10,13H,7-9,16H2,1-2H3,(H,19,20). The van der Waals surface area contributed by atoms with Crippen LogP contribution in [0.25, 0.3) is 0 Å². The highest BCUT2D eigenvalue weighted by Crippen LogP contribution is 2.24. The normalized spacial score (nSPS) is 16.7. The number of aliphatic carboxylic acids is 1. The molecule has 1 aromatic carbocycles. The van der Waals surface area contributed by atoms with Crippen LogP contribution in [0.4, 0.5) is 10.5 Å². The predicted octanol–water partition coefficient (Wildman–Crippen LogP) is 1.81. The van der Waals surface area contributed by atoms with Crippen LogP contribution in [0.1, 0.15) is 31.9 Å². The van der Waals surface area contributed by atoms with Gasteiger partial charge in [0.25, 0.3) is 0 Å². The number of carbonyl (C=O) groups is 2. The smallest absolute Gasteiger partial charge is 0.324 e. The van der Waals surface area contributed by atoms with Crippen LogP contribution in [-0.2, 0) is 4.79 Å². The highest BCUT2D eigenvalue weighted by molar-refractivity contribution is 5.94. The maximum atomic E-state index is 12.3. The van der Waals surface area contributed by atoms with Crippen molar-refractivity contribution in [3.63, 3.8) is 0 Å². The van der Waals surface area contributed by atoms with Gasteiger partial charge in [-0.3, -0.25) is 9.69 Å². The number of rotatable bonds is 5. The van der Waals surface area contributed by atoms with E-state index in [1.807, 2.05) is 30.9 Å². The van der Waals surface area contributed by atoms with Crippen LogP contribution in [0.3, 0.4) is 0 Å². The van der Waals surface area contributed by atoms with Gasteiger partial charge in [0.15, 0.2) is 0 Å². The number of urea groups is 1. The molecule has 1 heterocycles. The number of nitrogens with zero attached hydrogens (tertiary/aromatic N) is 2. The van der Waals surface area contributed by atoms with E-state index in [4.69, 9.17) is 10.8 Å². The number of benzene rings is 1. The summed E-state index contributed by atoms with van der Waals surface area (Å²) in [5, 5.41) is 8.75. The molecule has 21 heavy (non-hydrogen) atoms. The van der Waals surface area contributed by atoms with Crippen LogP contribution in [0.5, 0.6) is 0 Å². The summed E-state index contributed by atoms with van der Waals surface area (Å²) < 4.78 is 0. The van der Waals surface area contributed by atoms with Crippen molar-refractivity contribution in [3.8, 4) is 0 Å². The molecule has 1 saturated heterocycles. The Labute approximate surface area is 124 Å². The molecule has 1 unspecified atom stereocenters. The van der Waals surface area contributed by atoms with Gasteiger partial charge in [-0.05, 0) is 31.5 Å². The minimum atomic E-state index is -0.922. The molecule has 6 heteroatoms. The highest BCUT2D eigenvalue weighted by Gasteiger charge is 2.30. The number of carbonyl (C=O) groups excluding carboxylic acids is 1. The second-order valence-electron chi connectivity index (χ2n) is 5.52. The fraction of sp³-hybridized carbons (Fsp3) is 0.467. The maximum Gasteiger partial charge on any atom is 0.324 e. The molecule has 2 rings (SSSR count). The van der Waals surface area contributed by atoms with Crippen LogP contribution in [0.2, 0.25) is 0 Å². The number of nitrogens with two attached hydrogens (primary N) is 1. The third-order valence-corrected chi connectivity index (χ3v) is 3.69. The topological polar surface area (TPSA) is 86.9 Å². The minimum Gasteiger partial charge on any atom is -0.481 e. The number of carboxylic acids is 1. The lowest BCUT2D eigenvalue weighted by Crippen LogP contribution is -2.36. The van der Waals surface area contributed by atoms with Crippen molar-refractivity contribution in [1.29, 1.82) is 0 Å². The number of hydrogen-bond donors (Lipinski definition) is 2. The molecule has 2 amide bonds. The summed E-state index contributed by atoms with van der Waals surface area (Å²) in [6.07, 6.45) is -0.108. The third-order valence-electron chi connectivity index (χ3n) is 3.69. The average Bonchev–Trinajstić information content (AvgIpc) is 2.80. The molecule has 3 N–H and O–H groups in total. The molecule has 0 aliphatic carbocycles. The second-order valence-corrected chi connectivity index (χ2v) is 5.52. The molecular formula is C15H21N3O3. The predicted molar refractivity (Wildman–Crippen MR) is 80.2 cm³/mol. The summed E-state index contributed by atoms with van der Waals surface area (Å²) in [6, 6.07) is 6.87. The summed E-state index contributed by atoms with van der Waals surface area (Å²) in [6.45, 7) is 5.37. The molecule has 0 radical (unpaired) electrons. The maximum absolute atomic E-state index is 12.3. The first kappa shape index (κ1) is 15.3. The van der Waals surface area contributed by atoms with Gasteiger partial charge in [-0.2, -0.15) is 0 Å². The van der Waals surface area contributed by atoms with Crippen LogP contribution < -0.4 is 10.6 Å². The zero-order valence-electron chi connectivity index (χ0n) is 12.3. The van der Waals surface area contributed by atoms with E-state index in [-0.39, 0.29) is 18.5 Å². The number of anilines is 1. The van der Waals surface area contributed by atoms with Crippen molar-refractivity contribution >= 4 is 17.7 Å². The van der Waals surface area contributed by atoms with Crippen LogP contribution in [0.15, 0.2) is 24.3 Å². The Morgan fingerprint density at radius 1 is 1.29 bits per heavy atom. The van der Waals surface area contributed by atoms with Crippen LogP contribution in [-0.4, -0.2) is 41.1 Å². The van der Waals surface area contributed by atoms with Gasteiger partial charge in [0, 0.05) is 30.9 Å². The highest BCUT2D eigenvalue weighted by atomic mass is 16.4. The van der Waals surface area contributed by atoms with E-state index in [0.29, 0.717) is 6.54 Å². The summed E-state index contributed by atoms with van der Waals surface area (Å²) in [4.78, 5) is 26.5. The van der Waals surface area contributed by atoms with Gasteiger partial charge in [-0.25, -0.2) is 4.79 Å². The average molecular weight is 291 g/mol. The number of hydrogen-bond acceptors (Lipinski definition) is 3.